The summed E-state index contributed by atoms with van der Waals surface area (Å²) in [5, 5.41) is 2.84. The predicted octanol–water partition coefficient (Wildman–Crippen LogP) is 3.25. The van der Waals surface area contributed by atoms with Crippen molar-refractivity contribution in [1.82, 2.24) is 0 Å². The molecule has 1 aromatic rings. The van der Waals surface area contributed by atoms with E-state index in [9.17, 15) is 4.79 Å². The summed E-state index contributed by atoms with van der Waals surface area (Å²) in [5.41, 5.74) is 7.03. The van der Waals surface area contributed by atoms with E-state index in [0.717, 1.165) is 25.0 Å². The first-order valence-corrected chi connectivity index (χ1v) is 7.81. The second-order valence-electron chi connectivity index (χ2n) is 4.92. The van der Waals surface area contributed by atoms with Crippen LogP contribution in [0.4, 0.5) is 5.69 Å². The van der Waals surface area contributed by atoms with Crippen LogP contribution in [-0.2, 0) is 9.53 Å². The second kappa shape index (κ2) is 10.3. The van der Waals surface area contributed by atoms with Crippen molar-refractivity contribution in [2.24, 2.45) is 5.73 Å². The lowest BCUT2D eigenvalue weighted by atomic mass is 10.2. The highest BCUT2D eigenvalue weighted by Gasteiger charge is 2.04. The van der Waals surface area contributed by atoms with Crippen LogP contribution in [0.2, 0.25) is 0 Å². The Kier molecular flexibility index (Phi) is 8.62. The number of carbonyl (C=O) groups is 1. The molecule has 0 fully saturated rings. The third-order valence-electron chi connectivity index (χ3n) is 3.02. The summed E-state index contributed by atoms with van der Waals surface area (Å²) in [4.78, 5) is 12.1. The Morgan fingerprint density at radius 2 is 2.05 bits per heavy atom. The lowest BCUT2D eigenvalue weighted by Crippen LogP contribution is -2.14. The number of ether oxygens (including phenoxy) is 1. The van der Waals surface area contributed by atoms with Crippen LogP contribution in [0.1, 0.15) is 44.6 Å². The molecule has 0 saturated heterocycles. The van der Waals surface area contributed by atoms with E-state index in [1.54, 1.807) is 6.07 Å². The van der Waals surface area contributed by atoms with Crippen molar-refractivity contribution in [3.63, 3.8) is 0 Å². The summed E-state index contributed by atoms with van der Waals surface area (Å²) in [6.45, 7) is 3.58. The number of hydrogen-bond donors (Lipinski definition) is 2. The molecule has 0 spiro atoms. The van der Waals surface area contributed by atoms with E-state index in [-0.39, 0.29) is 5.91 Å². The van der Waals surface area contributed by atoms with E-state index in [1.165, 1.54) is 12.8 Å². The Hall–Kier alpha value is -1.46. The molecule has 4 nitrogen and oxygen atoms in total. The minimum Gasteiger partial charge on any atom is -0.389 e. The quantitative estimate of drug-likeness (QED) is 0.514. The molecule has 3 N–H and O–H groups in total. The van der Waals surface area contributed by atoms with Gasteiger partial charge in [-0.25, -0.2) is 0 Å². The molecule has 0 aliphatic rings. The molecular weight excluding hydrogens is 284 g/mol. The maximum atomic E-state index is 11.8. The highest BCUT2D eigenvalue weighted by molar-refractivity contribution is 7.80. The third-order valence-corrected chi connectivity index (χ3v) is 3.25. The van der Waals surface area contributed by atoms with Crippen LogP contribution in [0.15, 0.2) is 24.3 Å². The standard InChI is InChI=1S/C16H24N2O2S/c1-2-3-4-10-20-11-6-9-15(19)18-14-8-5-7-13(12-14)16(17)21/h5,7-8,12H,2-4,6,9-11H2,1H3,(H2,17,21)(H,18,19). The van der Waals surface area contributed by atoms with Gasteiger partial charge in [0.2, 0.25) is 5.91 Å². The topological polar surface area (TPSA) is 64.3 Å². The largest absolute Gasteiger partial charge is 0.389 e. The normalized spacial score (nSPS) is 10.3. The molecule has 5 heteroatoms. The number of hydrogen-bond acceptors (Lipinski definition) is 3. The van der Waals surface area contributed by atoms with E-state index in [2.05, 4.69) is 12.2 Å². The fraction of sp³-hybridized carbons (Fsp3) is 0.500. The lowest BCUT2D eigenvalue weighted by molar-refractivity contribution is -0.116. The third kappa shape index (κ3) is 7.78. The predicted molar refractivity (Wildman–Crippen MR) is 90.5 cm³/mol. The van der Waals surface area contributed by atoms with Gasteiger partial charge in [0.05, 0.1) is 0 Å². The summed E-state index contributed by atoms with van der Waals surface area (Å²) in [6, 6.07) is 7.24. The number of nitrogens with one attached hydrogen (secondary N) is 1. The molecule has 0 heterocycles. The van der Waals surface area contributed by atoms with Crippen molar-refractivity contribution >= 4 is 28.8 Å². The molecule has 1 amide bonds. The van der Waals surface area contributed by atoms with E-state index in [4.69, 9.17) is 22.7 Å². The van der Waals surface area contributed by atoms with Gasteiger partial charge in [0, 0.05) is 30.9 Å². The molecule has 1 aromatic carbocycles. The summed E-state index contributed by atoms with van der Waals surface area (Å²) in [6.07, 6.45) is 4.66. The average molecular weight is 308 g/mol. The zero-order valence-corrected chi connectivity index (χ0v) is 13.4. The first-order valence-electron chi connectivity index (χ1n) is 7.41. The van der Waals surface area contributed by atoms with Gasteiger partial charge >= 0.3 is 0 Å². The molecule has 0 unspecified atom stereocenters. The van der Waals surface area contributed by atoms with Crippen LogP contribution in [0.3, 0.4) is 0 Å². The maximum absolute atomic E-state index is 11.8. The monoisotopic (exact) mass is 308 g/mol. The zero-order valence-electron chi connectivity index (χ0n) is 12.6. The van der Waals surface area contributed by atoms with Crippen molar-refractivity contribution in [1.29, 1.82) is 0 Å². The number of unbranched alkanes of at least 4 members (excludes halogenated alkanes) is 2. The number of rotatable bonds is 10. The van der Waals surface area contributed by atoms with Crippen LogP contribution in [-0.4, -0.2) is 24.1 Å². The maximum Gasteiger partial charge on any atom is 0.224 e. The van der Waals surface area contributed by atoms with Crippen LogP contribution in [0.5, 0.6) is 0 Å². The van der Waals surface area contributed by atoms with Gasteiger partial charge in [-0.3, -0.25) is 4.79 Å². The number of anilines is 1. The lowest BCUT2D eigenvalue weighted by Gasteiger charge is -2.07. The van der Waals surface area contributed by atoms with Crippen molar-refractivity contribution < 1.29 is 9.53 Å². The van der Waals surface area contributed by atoms with Crippen molar-refractivity contribution in [3.05, 3.63) is 29.8 Å². The van der Waals surface area contributed by atoms with Crippen LogP contribution >= 0.6 is 12.2 Å². The van der Waals surface area contributed by atoms with E-state index in [1.807, 2.05) is 18.2 Å². The molecule has 0 aliphatic heterocycles. The first-order chi connectivity index (χ1) is 10.1. The van der Waals surface area contributed by atoms with Gasteiger partial charge in [0.1, 0.15) is 4.99 Å². The Labute approximate surface area is 132 Å². The Bertz CT molecular complexity index is 463. The summed E-state index contributed by atoms with van der Waals surface area (Å²) in [7, 11) is 0. The Morgan fingerprint density at radius 1 is 1.29 bits per heavy atom. The van der Waals surface area contributed by atoms with Gasteiger partial charge in [-0.2, -0.15) is 0 Å². The molecule has 0 saturated carbocycles. The molecule has 116 valence electrons. The summed E-state index contributed by atoms with van der Waals surface area (Å²) >= 11 is 4.91. The average Bonchev–Trinajstić information content (AvgIpc) is 2.46. The number of thiocarbonyl (C=S) groups is 1. The van der Waals surface area contributed by atoms with Gasteiger partial charge in [-0.1, -0.05) is 44.1 Å². The van der Waals surface area contributed by atoms with E-state index < -0.39 is 0 Å². The van der Waals surface area contributed by atoms with E-state index in [0.29, 0.717) is 23.7 Å². The number of amides is 1. The second-order valence-corrected chi connectivity index (χ2v) is 5.36. The van der Waals surface area contributed by atoms with Crippen molar-refractivity contribution in [3.8, 4) is 0 Å². The fourth-order valence-electron chi connectivity index (χ4n) is 1.86. The van der Waals surface area contributed by atoms with Crippen molar-refractivity contribution in [2.45, 2.75) is 39.0 Å². The summed E-state index contributed by atoms with van der Waals surface area (Å²) < 4.78 is 5.47. The van der Waals surface area contributed by atoms with Gasteiger partial charge in [0.15, 0.2) is 0 Å². The van der Waals surface area contributed by atoms with Crippen LogP contribution in [0, 0.1) is 0 Å². The smallest absolute Gasteiger partial charge is 0.224 e. The Morgan fingerprint density at radius 3 is 2.76 bits per heavy atom. The van der Waals surface area contributed by atoms with Crippen molar-refractivity contribution in [2.75, 3.05) is 18.5 Å². The molecule has 1 rings (SSSR count). The van der Waals surface area contributed by atoms with Crippen LogP contribution < -0.4 is 11.1 Å². The Balaban J connectivity index is 2.21. The molecule has 21 heavy (non-hydrogen) atoms. The van der Waals surface area contributed by atoms with E-state index >= 15 is 0 Å². The zero-order chi connectivity index (χ0) is 15.5. The molecule has 0 bridgehead atoms. The minimum absolute atomic E-state index is 0.0211. The fourth-order valence-corrected chi connectivity index (χ4v) is 1.99. The van der Waals surface area contributed by atoms with Crippen LogP contribution in [0.25, 0.3) is 0 Å². The SMILES string of the molecule is CCCCCOCCCC(=O)Nc1cccc(C(N)=S)c1. The number of benzene rings is 1. The number of nitrogens with two attached hydrogens (primary N) is 1. The molecule has 0 aliphatic carbocycles. The minimum atomic E-state index is -0.0211. The van der Waals surface area contributed by atoms with Gasteiger partial charge in [-0.05, 0) is 25.0 Å². The van der Waals surface area contributed by atoms with Gasteiger partial charge in [-0.15, -0.1) is 0 Å². The van der Waals surface area contributed by atoms with Gasteiger partial charge in [0.25, 0.3) is 0 Å². The molecule has 0 aromatic heterocycles. The molecule has 0 atom stereocenters. The summed E-state index contributed by atoms with van der Waals surface area (Å²) in [5.74, 6) is -0.0211. The first kappa shape index (κ1) is 17.6. The molecule has 0 radical (unpaired) electrons. The molecular formula is C16H24N2O2S. The number of carbonyl (C=O) groups excluding carboxylic acids is 1. The van der Waals surface area contributed by atoms with Gasteiger partial charge < -0.3 is 15.8 Å². The highest BCUT2D eigenvalue weighted by atomic mass is 32.1. The highest BCUT2D eigenvalue weighted by Crippen LogP contribution is 2.11.